The SMILES string of the molecule is O=C(N[C@H]1C[C@H]2C[C@H]1CN2)c1cc2cncn2cn1. The molecule has 2 aromatic heterocycles. The second kappa shape index (κ2) is 4.03. The minimum absolute atomic E-state index is 0.0822. The topological polar surface area (TPSA) is 71.3 Å². The van der Waals surface area contributed by atoms with E-state index >= 15 is 0 Å². The summed E-state index contributed by atoms with van der Waals surface area (Å²) in [5.74, 6) is 0.494. The molecule has 2 N–H and O–H groups in total. The number of amides is 1. The molecule has 3 heterocycles. The number of imidazole rings is 1. The van der Waals surface area contributed by atoms with Gasteiger partial charge in [-0.15, -0.1) is 0 Å². The number of aromatic nitrogens is 3. The Labute approximate surface area is 110 Å². The lowest BCUT2D eigenvalue weighted by atomic mass is 10.0. The minimum Gasteiger partial charge on any atom is -0.348 e. The predicted molar refractivity (Wildman–Crippen MR) is 68.8 cm³/mol. The summed E-state index contributed by atoms with van der Waals surface area (Å²) >= 11 is 0. The second-order valence-electron chi connectivity index (χ2n) is 5.42. The molecule has 0 unspecified atom stereocenters. The van der Waals surface area contributed by atoms with Gasteiger partial charge in [0, 0.05) is 18.6 Å². The molecule has 6 heteroatoms. The van der Waals surface area contributed by atoms with E-state index in [2.05, 4.69) is 20.6 Å². The smallest absolute Gasteiger partial charge is 0.270 e. The molecular formula is C13H15N5O. The van der Waals surface area contributed by atoms with Gasteiger partial charge in [-0.1, -0.05) is 0 Å². The van der Waals surface area contributed by atoms with Gasteiger partial charge in [0.25, 0.3) is 5.91 Å². The van der Waals surface area contributed by atoms with Gasteiger partial charge in [0.05, 0.1) is 11.7 Å². The molecule has 1 saturated heterocycles. The molecule has 0 radical (unpaired) electrons. The van der Waals surface area contributed by atoms with E-state index in [4.69, 9.17) is 0 Å². The number of hydrogen-bond donors (Lipinski definition) is 2. The van der Waals surface area contributed by atoms with Gasteiger partial charge in [0.1, 0.15) is 18.3 Å². The summed E-state index contributed by atoms with van der Waals surface area (Å²) in [5.41, 5.74) is 1.35. The van der Waals surface area contributed by atoms with E-state index in [1.807, 2.05) is 0 Å². The first-order valence-electron chi connectivity index (χ1n) is 6.61. The first-order chi connectivity index (χ1) is 9.29. The van der Waals surface area contributed by atoms with Crippen LogP contribution in [0.4, 0.5) is 0 Å². The number of hydrogen-bond acceptors (Lipinski definition) is 4. The van der Waals surface area contributed by atoms with Crippen LogP contribution < -0.4 is 10.6 Å². The summed E-state index contributed by atoms with van der Waals surface area (Å²) in [6.45, 7) is 1.02. The van der Waals surface area contributed by atoms with Gasteiger partial charge in [0.15, 0.2) is 0 Å². The number of piperidine rings is 1. The van der Waals surface area contributed by atoms with Crippen LogP contribution in [0, 0.1) is 5.92 Å². The lowest BCUT2D eigenvalue weighted by Gasteiger charge is -2.23. The van der Waals surface area contributed by atoms with Gasteiger partial charge in [-0.05, 0) is 24.8 Å². The summed E-state index contributed by atoms with van der Waals surface area (Å²) in [5, 5.41) is 6.55. The molecule has 1 aliphatic carbocycles. The summed E-state index contributed by atoms with van der Waals surface area (Å²) < 4.78 is 1.79. The number of carbonyl (C=O) groups excluding carboxylic acids is 1. The molecular weight excluding hydrogens is 242 g/mol. The third-order valence-electron chi connectivity index (χ3n) is 4.21. The number of nitrogens with one attached hydrogen (secondary N) is 2. The second-order valence-corrected chi connectivity index (χ2v) is 5.42. The average Bonchev–Trinajstić information content (AvgIpc) is 3.13. The van der Waals surface area contributed by atoms with Crippen molar-refractivity contribution >= 4 is 11.4 Å². The zero-order valence-electron chi connectivity index (χ0n) is 10.4. The normalized spacial score (nSPS) is 28.9. The molecule has 0 spiro atoms. The Balaban J connectivity index is 1.53. The van der Waals surface area contributed by atoms with Crippen LogP contribution in [0.3, 0.4) is 0 Å². The van der Waals surface area contributed by atoms with Gasteiger partial charge in [-0.3, -0.25) is 9.20 Å². The Kier molecular flexibility index (Phi) is 2.32. The van der Waals surface area contributed by atoms with E-state index in [0.29, 0.717) is 23.7 Å². The van der Waals surface area contributed by atoms with E-state index in [1.54, 1.807) is 29.3 Å². The van der Waals surface area contributed by atoms with Crippen molar-refractivity contribution in [2.75, 3.05) is 6.54 Å². The summed E-state index contributed by atoms with van der Waals surface area (Å²) in [6, 6.07) is 2.65. The number of nitrogens with zero attached hydrogens (tertiary/aromatic N) is 3. The molecule has 19 heavy (non-hydrogen) atoms. The molecule has 0 aromatic carbocycles. The molecule has 2 aliphatic rings. The number of rotatable bonds is 2. The predicted octanol–water partition coefficient (Wildman–Crippen LogP) is 0.209. The van der Waals surface area contributed by atoms with Crippen molar-refractivity contribution in [3.05, 3.63) is 30.6 Å². The van der Waals surface area contributed by atoms with E-state index in [0.717, 1.165) is 18.5 Å². The van der Waals surface area contributed by atoms with Crippen LogP contribution >= 0.6 is 0 Å². The van der Waals surface area contributed by atoms with Crippen molar-refractivity contribution in [2.45, 2.75) is 24.9 Å². The van der Waals surface area contributed by atoms with Gasteiger partial charge in [-0.25, -0.2) is 9.97 Å². The van der Waals surface area contributed by atoms with Crippen molar-refractivity contribution in [3.63, 3.8) is 0 Å². The monoisotopic (exact) mass is 257 g/mol. The van der Waals surface area contributed by atoms with Crippen LogP contribution in [0.1, 0.15) is 23.3 Å². The van der Waals surface area contributed by atoms with Crippen molar-refractivity contribution < 1.29 is 4.79 Å². The van der Waals surface area contributed by atoms with Crippen molar-refractivity contribution in [3.8, 4) is 0 Å². The third-order valence-corrected chi connectivity index (χ3v) is 4.21. The summed E-state index contributed by atoms with van der Waals surface area (Å²) in [7, 11) is 0. The highest BCUT2D eigenvalue weighted by molar-refractivity contribution is 5.93. The highest BCUT2D eigenvalue weighted by atomic mass is 16.1. The van der Waals surface area contributed by atoms with Crippen molar-refractivity contribution in [1.29, 1.82) is 0 Å². The van der Waals surface area contributed by atoms with Crippen LogP contribution in [0.5, 0.6) is 0 Å². The van der Waals surface area contributed by atoms with E-state index in [1.165, 1.54) is 6.42 Å². The first kappa shape index (κ1) is 10.9. The lowest BCUT2D eigenvalue weighted by molar-refractivity contribution is 0.0920. The Hall–Kier alpha value is -1.95. The van der Waals surface area contributed by atoms with Crippen LogP contribution in [-0.4, -0.2) is 38.9 Å². The summed E-state index contributed by atoms with van der Waals surface area (Å²) in [6.07, 6.45) is 7.23. The molecule has 98 valence electrons. The van der Waals surface area contributed by atoms with Gasteiger partial charge in [0.2, 0.25) is 0 Å². The molecule has 1 saturated carbocycles. The highest BCUT2D eigenvalue weighted by Crippen LogP contribution is 2.31. The molecule has 1 amide bonds. The lowest BCUT2D eigenvalue weighted by Crippen LogP contribution is -2.44. The van der Waals surface area contributed by atoms with Gasteiger partial charge < -0.3 is 10.6 Å². The quantitative estimate of drug-likeness (QED) is 0.807. The zero-order chi connectivity index (χ0) is 12.8. The van der Waals surface area contributed by atoms with Crippen LogP contribution in [0.2, 0.25) is 0 Å². The van der Waals surface area contributed by atoms with Crippen LogP contribution in [0.15, 0.2) is 24.9 Å². The zero-order valence-corrected chi connectivity index (χ0v) is 10.4. The van der Waals surface area contributed by atoms with Crippen molar-refractivity contribution in [2.24, 2.45) is 5.92 Å². The maximum Gasteiger partial charge on any atom is 0.270 e. The Morgan fingerprint density at radius 3 is 3.16 bits per heavy atom. The van der Waals surface area contributed by atoms with Gasteiger partial charge >= 0.3 is 0 Å². The highest BCUT2D eigenvalue weighted by Gasteiger charge is 2.40. The molecule has 2 fully saturated rings. The Morgan fingerprint density at radius 2 is 2.37 bits per heavy atom. The minimum atomic E-state index is -0.0822. The van der Waals surface area contributed by atoms with Crippen LogP contribution in [-0.2, 0) is 0 Å². The van der Waals surface area contributed by atoms with E-state index < -0.39 is 0 Å². The summed E-state index contributed by atoms with van der Waals surface area (Å²) in [4.78, 5) is 20.4. The standard InChI is InChI=1S/C13H15N5O/c19-13(17-11-2-9-1-8(11)4-15-9)12-3-10-5-14-6-18(10)7-16-12/h3,5-9,11,15H,1-2,4H2,(H,17,19)/t8-,9+,11-/m0/s1. The van der Waals surface area contributed by atoms with E-state index in [-0.39, 0.29) is 5.91 Å². The number of carbonyl (C=O) groups is 1. The molecule has 1 aliphatic heterocycles. The molecule has 2 bridgehead atoms. The Morgan fingerprint density at radius 1 is 1.42 bits per heavy atom. The van der Waals surface area contributed by atoms with Crippen molar-refractivity contribution in [1.82, 2.24) is 25.0 Å². The largest absolute Gasteiger partial charge is 0.348 e. The first-order valence-corrected chi connectivity index (χ1v) is 6.61. The fraction of sp³-hybridized carbons (Fsp3) is 0.462. The fourth-order valence-electron chi connectivity index (χ4n) is 3.20. The fourth-order valence-corrected chi connectivity index (χ4v) is 3.20. The van der Waals surface area contributed by atoms with Crippen LogP contribution in [0.25, 0.3) is 5.52 Å². The molecule has 3 atom stereocenters. The maximum absolute atomic E-state index is 12.2. The Bertz CT molecular complexity index is 637. The molecule has 2 aromatic rings. The third kappa shape index (κ3) is 1.79. The van der Waals surface area contributed by atoms with E-state index in [9.17, 15) is 4.79 Å². The molecule has 6 nitrogen and oxygen atoms in total. The molecule has 4 rings (SSSR count). The maximum atomic E-state index is 12.2. The average molecular weight is 257 g/mol. The number of fused-ring (bicyclic) bond motifs is 3. The van der Waals surface area contributed by atoms with Gasteiger partial charge in [-0.2, -0.15) is 0 Å².